The summed E-state index contributed by atoms with van der Waals surface area (Å²) < 4.78 is 11.5. The maximum Gasteiger partial charge on any atom is 0.347 e. The second-order valence-corrected chi connectivity index (χ2v) is 7.58. The van der Waals surface area contributed by atoms with Crippen molar-refractivity contribution in [3.8, 4) is 16.7 Å². The molecule has 3 aromatic rings. The number of carbonyl (C=O) groups is 1. The Morgan fingerprint density at radius 2 is 1.89 bits per heavy atom. The van der Waals surface area contributed by atoms with E-state index in [1.54, 1.807) is 43.3 Å². The number of hydrogen-bond donors (Lipinski definition) is 1. The largest absolute Gasteiger partial charge is 0.478 e. The Kier molecular flexibility index (Phi) is 5.82. The number of nitrogens with zero attached hydrogens (tertiary/aromatic N) is 2. The van der Waals surface area contributed by atoms with Gasteiger partial charge in [0, 0.05) is 0 Å². The van der Waals surface area contributed by atoms with Gasteiger partial charge in [-0.2, -0.15) is 0 Å². The number of benzene rings is 1. The average Bonchev–Trinajstić information content (AvgIpc) is 3.03. The monoisotopic (exact) mass is 406 g/mol. The summed E-state index contributed by atoms with van der Waals surface area (Å²) in [4.78, 5) is 20.8. The topological polar surface area (TPSA) is 81.5 Å². The van der Waals surface area contributed by atoms with Crippen molar-refractivity contribution in [3.05, 3.63) is 41.6 Å². The molecule has 8 heteroatoms. The normalized spacial score (nSPS) is 13.3. The van der Waals surface area contributed by atoms with Crippen LogP contribution in [0, 0.1) is 0 Å². The highest BCUT2D eigenvalue weighted by molar-refractivity contribution is 7.19. The molecule has 1 atom stereocenters. The van der Waals surface area contributed by atoms with Crippen LogP contribution in [0.15, 0.2) is 36.4 Å². The maximum atomic E-state index is 11.6. The lowest BCUT2D eigenvalue weighted by Crippen LogP contribution is -2.41. The molecule has 0 bridgehead atoms. The summed E-state index contributed by atoms with van der Waals surface area (Å²) in [7, 11) is 0. The molecule has 1 N–H and O–H groups in total. The van der Waals surface area contributed by atoms with Gasteiger partial charge in [0.2, 0.25) is 5.60 Å². The molecular formula is C19H19ClN2O4S. The smallest absolute Gasteiger partial charge is 0.347 e. The zero-order valence-electron chi connectivity index (χ0n) is 14.9. The Bertz CT molecular complexity index is 945. The molecule has 0 saturated carbocycles. The molecule has 142 valence electrons. The molecule has 6 nitrogen and oxygen atoms in total. The second-order valence-electron chi connectivity index (χ2n) is 6.25. The molecule has 1 unspecified atom stereocenters. The van der Waals surface area contributed by atoms with Crippen molar-refractivity contribution in [1.29, 1.82) is 0 Å². The van der Waals surface area contributed by atoms with E-state index in [2.05, 4.69) is 9.97 Å². The summed E-state index contributed by atoms with van der Waals surface area (Å²) in [6, 6.07) is 10.3. The van der Waals surface area contributed by atoms with Crippen LogP contribution in [0.2, 0.25) is 5.15 Å². The zero-order chi connectivity index (χ0) is 19.4. The van der Waals surface area contributed by atoms with E-state index in [9.17, 15) is 9.90 Å². The number of hydrogen-bond acceptors (Lipinski definition) is 6. The molecule has 2 aromatic heterocycles. The number of halogens is 1. The standard InChI is InChI=1S/C19H19ClN2O4S/c1-3-4-11-19(2,17(23)24)26-13-7-5-12(6-8-13)25-18-21-14-9-10-15(20)22-16(14)27-18/h5-10H,3-4,11H2,1-2H3,(H,23,24). The van der Waals surface area contributed by atoms with Crippen molar-refractivity contribution in [2.75, 3.05) is 0 Å². The maximum absolute atomic E-state index is 11.6. The van der Waals surface area contributed by atoms with Gasteiger partial charge >= 0.3 is 5.97 Å². The number of thiazole rings is 1. The number of fused-ring (bicyclic) bond motifs is 1. The van der Waals surface area contributed by atoms with Crippen LogP contribution in [-0.2, 0) is 4.79 Å². The van der Waals surface area contributed by atoms with Crippen LogP contribution >= 0.6 is 22.9 Å². The van der Waals surface area contributed by atoms with Gasteiger partial charge in [-0.25, -0.2) is 14.8 Å². The lowest BCUT2D eigenvalue weighted by atomic mass is 9.99. The van der Waals surface area contributed by atoms with E-state index in [0.717, 1.165) is 12.8 Å². The van der Waals surface area contributed by atoms with Crippen LogP contribution in [0.4, 0.5) is 0 Å². The van der Waals surface area contributed by atoms with Crippen LogP contribution in [0.1, 0.15) is 33.1 Å². The van der Waals surface area contributed by atoms with Gasteiger partial charge < -0.3 is 14.6 Å². The third kappa shape index (κ3) is 4.67. The Morgan fingerprint density at radius 1 is 1.19 bits per heavy atom. The van der Waals surface area contributed by atoms with Gasteiger partial charge in [-0.15, -0.1) is 0 Å². The Balaban J connectivity index is 1.71. The van der Waals surface area contributed by atoms with E-state index >= 15 is 0 Å². The minimum absolute atomic E-state index is 0.406. The summed E-state index contributed by atoms with van der Waals surface area (Å²) in [5.41, 5.74) is -0.538. The summed E-state index contributed by atoms with van der Waals surface area (Å²) in [6.45, 7) is 3.61. The lowest BCUT2D eigenvalue weighted by Gasteiger charge is -2.26. The van der Waals surface area contributed by atoms with Gasteiger partial charge in [0.25, 0.3) is 5.19 Å². The Hall–Kier alpha value is -2.38. The van der Waals surface area contributed by atoms with Gasteiger partial charge in [-0.3, -0.25) is 0 Å². The SMILES string of the molecule is CCCCC(C)(Oc1ccc(Oc2nc3ccc(Cl)nc3s2)cc1)C(=O)O. The minimum atomic E-state index is -1.25. The number of unbranched alkanes of at least 4 members (excludes halogenated alkanes) is 1. The fourth-order valence-corrected chi connectivity index (χ4v) is 3.48. The van der Waals surface area contributed by atoms with Gasteiger partial charge in [0.1, 0.15) is 27.0 Å². The Morgan fingerprint density at radius 3 is 2.56 bits per heavy atom. The summed E-state index contributed by atoms with van der Waals surface area (Å²) in [5.74, 6) is 0.0658. The molecule has 0 aliphatic rings. The molecule has 27 heavy (non-hydrogen) atoms. The van der Waals surface area contributed by atoms with Crippen molar-refractivity contribution in [2.45, 2.75) is 38.7 Å². The number of carboxylic acids is 1. The van der Waals surface area contributed by atoms with E-state index in [-0.39, 0.29) is 0 Å². The van der Waals surface area contributed by atoms with E-state index in [4.69, 9.17) is 21.1 Å². The van der Waals surface area contributed by atoms with E-state index in [1.807, 2.05) is 6.92 Å². The quantitative estimate of drug-likeness (QED) is 0.494. The fraction of sp³-hybridized carbons (Fsp3) is 0.316. The minimum Gasteiger partial charge on any atom is -0.478 e. The molecule has 0 saturated heterocycles. The van der Waals surface area contributed by atoms with Crippen LogP contribution in [0.5, 0.6) is 16.7 Å². The average molecular weight is 407 g/mol. The zero-order valence-corrected chi connectivity index (χ0v) is 16.5. The third-order valence-electron chi connectivity index (χ3n) is 4.03. The number of rotatable bonds is 8. The number of pyridine rings is 1. The van der Waals surface area contributed by atoms with Crippen molar-refractivity contribution < 1.29 is 19.4 Å². The first-order chi connectivity index (χ1) is 12.9. The Labute approximate surface area is 165 Å². The van der Waals surface area contributed by atoms with Gasteiger partial charge in [0.05, 0.1) is 0 Å². The first kappa shape index (κ1) is 19.4. The van der Waals surface area contributed by atoms with Gasteiger partial charge in [-0.1, -0.05) is 36.3 Å². The second kappa shape index (κ2) is 8.10. The number of aliphatic carboxylic acids is 1. The van der Waals surface area contributed by atoms with Crippen LogP contribution in [0.25, 0.3) is 10.3 Å². The molecule has 0 aliphatic carbocycles. The van der Waals surface area contributed by atoms with Gasteiger partial charge in [0.15, 0.2) is 0 Å². The predicted octanol–water partition coefficient (Wildman–Crippen LogP) is 5.55. The first-order valence-corrected chi connectivity index (χ1v) is 9.72. The van der Waals surface area contributed by atoms with Crippen molar-refractivity contribution in [3.63, 3.8) is 0 Å². The van der Waals surface area contributed by atoms with Crippen LogP contribution in [0.3, 0.4) is 0 Å². The summed E-state index contributed by atoms with van der Waals surface area (Å²) in [6.07, 6.45) is 2.12. The molecule has 3 rings (SSSR count). The fourth-order valence-electron chi connectivity index (χ4n) is 2.47. The van der Waals surface area contributed by atoms with E-state index < -0.39 is 11.6 Å². The molecule has 0 radical (unpaired) electrons. The number of ether oxygens (including phenoxy) is 2. The van der Waals surface area contributed by atoms with Crippen molar-refractivity contribution in [1.82, 2.24) is 9.97 Å². The highest BCUT2D eigenvalue weighted by Crippen LogP contribution is 2.32. The predicted molar refractivity (Wildman–Crippen MR) is 105 cm³/mol. The van der Waals surface area contributed by atoms with Crippen LogP contribution < -0.4 is 9.47 Å². The van der Waals surface area contributed by atoms with E-state index in [1.165, 1.54) is 11.3 Å². The molecule has 0 fully saturated rings. The number of carboxylic acid groups (broad SMARTS) is 1. The molecule has 0 spiro atoms. The first-order valence-electron chi connectivity index (χ1n) is 8.53. The highest BCUT2D eigenvalue weighted by Gasteiger charge is 2.34. The molecular weight excluding hydrogens is 388 g/mol. The van der Waals surface area contributed by atoms with Crippen LogP contribution in [-0.4, -0.2) is 26.6 Å². The lowest BCUT2D eigenvalue weighted by molar-refractivity contribution is -0.154. The molecule has 0 amide bonds. The molecule has 1 aromatic carbocycles. The summed E-state index contributed by atoms with van der Waals surface area (Å²) >= 11 is 7.18. The summed E-state index contributed by atoms with van der Waals surface area (Å²) in [5, 5.41) is 10.3. The third-order valence-corrected chi connectivity index (χ3v) is 5.09. The van der Waals surface area contributed by atoms with Crippen molar-refractivity contribution >= 4 is 39.3 Å². The molecule has 0 aliphatic heterocycles. The highest BCUT2D eigenvalue weighted by atomic mass is 35.5. The number of aromatic nitrogens is 2. The van der Waals surface area contributed by atoms with Crippen molar-refractivity contribution in [2.24, 2.45) is 0 Å². The van der Waals surface area contributed by atoms with E-state index in [0.29, 0.717) is 38.6 Å². The van der Waals surface area contributed by atoms with Gasteiger partial charge in [-0.05, 0) is 56.2 Å². The molecule has 2 heterocycles.